The quantitative estimate of drug-likeness (QED) is 0.630. The lowest BCUT2D eigenvalue weighted by atomic mass is 9.67. The van der Waals surface area contributed by atoms with Crippen molar-refractivity contribution in [3.8, 4) is 0 Å². The predicted octanol–water partition coefficient (Wildman–Crippen LogP) is 2.27. The minimum atomic E-state index is -0.408. The average Bonchev–Trinajstić information content (AvgIpc) is 2.91. The van der Waals surface area contributed by atoms with Crippen LogP contribution in [0.3, 0.4) is 0 Å². The first-order chi connectivity index (χ1) is 9.65. The molecular formula is C12H16N4O3S. The highest BCUT2D eigenvalue weighted by atomic mass is 32.1. The molecular weight excluding hydrogens is 280 g/mol. The number of thiazole rings is 1. The van der Waals surface area contributed by atoms with Gasteiger partial charge in [-0.1, -0.05) is 17.8 Å². The Balaban J connectivity index is 1.82. The molecule has 0 unspecified atom stereocenters. The fourth-order valence-electron chi connectivity index (χ4n) is 2.77. The summed E-state index contributed by atoms with van der Waals surface area (Å²) in [6.07, 6.45) is 5.65. The molecule has 7 nitrogen and oxygen atoms in total. The van der Waals surface area contributed by atoms with Crippen molar-refractivity contribution in [1.82, 2.24) is 9.38 Å². The van der Waals surface area contributed by atoms with Crippen LogP contribution < -0.4 is 5.32 Å². The van der Waals surface area contributed by atoms with Crippen LogP contribution in [-0.2, 0) is 0 Å². The van der Waals surface area contributed by atoms with Gasteiger partial charge < -0.3 is 20.5 Å². The lowest BCUT2D eigenvalue weighted by Gasteiger charge is -2.41. The zero-order valence-corrected chi connectivity index (χ0v) is 11.7. The van der Waals surface area contributed by atoms with E-state index in [9.17, 15) is 10.1 Å². The summed E-state index contributed by atoms with van der Waals surface area (Å²) in [4.78, 5) is 15.7. The van der Waals surface area contributed by atoms with Gasteiger partial charge in [0.1, 0.15) is 6.20 Å². The number of aliphatic hydroxyl groups excluding tert-OH is 1. The number of anilines is 1. The third kappa shape index (κ3) is 2.14. The molecule has 0 aromatic carbocycles. The van der Waals surface area contributed by atoms with E-state index in [2.05, 4.69) is 10.3 Å². The number of aliphatic hydroxyl groups is 1. The maximum absolute atomic E-state index is 11.2. The van der Waals surface area contributed by atoms with Crippen LogP contribution in [0.15, 0.2) is 11.6 Å². The fraction of sp³-hybridized carbons (Fsp3) is 0.583. The first-order valence-electron chi connectivity index (χ1n) is 6.60. The van der Waals surface area contributed by atoms with Gasteiger partial charge in [-0.05, 0) is 29.6 Å². The fourth-order valence-corrected chi connectivity index (χ4v) is 3.48. The van der Waals surface area contributed by atoms with Gasteiger partial charge >= 0.3 is 5.82 Å². The molecule has 0 saturated heterocycles. The minimum absolute atomic E-state index is 0.0141. The molecule has 108 valence electrons. The Labute approximate surface area is 119 Å². The van der Waals surface area contributed by atoms with Crippen molar-refractivity contribution < 1.29 is 10.0 Å². The highest BCUT2D eigenvalue weighted by Gasteiger charge is 2.37. The van der Waals surface area contributed by atoms with Gasteiger partial charge in [0.25, 0.3) is 4.96 Å². The maximum Gasteiger partial charge on any atom is 0.372 e. The standard InChI is InChI=1S/C12H16N4O3S/c17-6-4-12(2-1-3-12)8-13-9-10(16(18)19)15-5-7-20-11(15)14-9/h5,7,13,17H,1-4,6,8H2. The Morgan fingerprint density at radius 1 is 1.60 bits per heavy atom. The molecule has 1 aliphatic carbocycles. The lowest BCUT2D eigenvalue weighted by molar-refractivity contribution is -0.389. The summed E-state index contributed by atoms with van der Waals surface area (Å²) in [6.45, 7) is 0.779. The average molecular weight is 296 g/mol. The molecule has 8 heteroatoms. The molecule has 2 heterocycles. The molecule has 2 aromatic rings. The molecule has 1 aliphatic rings. The van der Waals surface area contributed by atoms with Gasteiger partial charge in [-0.2, -0.15) is 9.38 Å². The summed E-state index contributed by atoms with van der Waals surface area (Å²) in [7, 11) is 0. The van der Waals surface area contributed by atoms with Crippen molar-refractivity contribution in [3.63, 3.8) is 0 Å². The number of hydrogen-bond donors (Lipinski definition) is 2. The van der Waals surface area contributed by atoms with Crippen molar-refractivity contribution in [2.24, 2.45) is 5.41 Å². The molecule has 0 amide bonds. The summed E-state index contributed by atoms with van der Waals surface area (Å²) >= 11 is 1.37. The van der Waals surface area contributed by atoms with Gasteiger partial charge in [-0.15, -0.1) is 0 Å². The molecule has 0 aliphatic heterocycles. The SMILES string of the molecule is O=[N+]([O-])c1c(NCC2(CCO)CCC2)nc2sccn12. The van der Waals surface area contributed by atoms with Crippen molar-refractivity contribution in [3.05, 3.63) is 21.7 Å². The van der Waals surface area contributed by atoms with E-state index >= 15 is 0 Å². The lowest BCUT2D eigenvalue weighted by Crippen LogP contribution is -2.37. The van der Waals surface area contributed by atoms with Crippen molar-refractivity contribution in [2.75, 3.05) is 18.5 Å². The number of nitrogens with zero attached hydrogens (tertiary/aromatic N) is 3. The van der Waals surface area contributed by atoms with E-state index in [-0.39, 0.29) is 17.8 Å². The Bertz CT molecular complexity index is 632. The van der Waals surface area contributed by atoms with E-state index in [0.717, 1.165) is 25.7 Å². The van der Waals surface area contributed by atoms with Crippen molar-refractivity contribution >= 4 is 27.9 Å². The first-order valence-corrected chi connectivity index (χ1v) is 7.48. The van der Waals surface area contributed by atoms with Crippen LogP contribution in [0.1, 0.15) is 25.7 Å². The van der Waals surface area contributed by atoms with Crippen LogP contribution in [-0.4, -0.2) is 32.6 Å². The third-order valence-electron chi connectivity index (χ3n) is 4.10. The number of nitro groups is 1. The van der Waals surface area contributed by atoms with Crippen LogP contribution in [0.4, 0.5) is 11.6 Å². The van der Waals surface area contributed by atoms with E-state index in [0.29, 0.717) is 17.3 Å². The van der Waals surface area contributed by atoms with Crippen LogP contribution in [0.2, 0.25) is 0 Å². The summed E-state index contributed by atoms with van der Waals surface area (Å²) in [5, 5.41) is 25.2. The monoisotopic (exact) mass is 296 g/mol. The second-order valence-electron chi connectivity index (χ2n) is 5.28. The Kier molecular flexibility index (Phi) is 3.35. The molecule has 1 saturated carbocycles. The predicted molar refractivity (Wildman–Crippen MR) is 76.2 cm³/mol. The third-order valence-corrected chi connectivity index (χ3v) is 4.85. The smallest absolute Gasteiger partial charge is 0.372 e. The van der Waals surface area contributed by atoms with Gasteiger partial charge in [-0.3, -0.25) is 0 Å². The van der Waals surface area contributed by atoms with Gasteiger partial charge in [0, 0.05) is 18.5 Å². The Morgan fingerprint density at radius 3 is 3.00 bits per heavy atom. The van der Waals surface area contributed by atoms with Crippen molar-refractivity contribution in [2.45, 2.75) is 25.7 Å². The van der Waals surface area contributed by atoms with Crippen LogP contribution >= 0.6 is 11.3 Å². The van der Waals surface area contributed by atoms with Gasteiger partial charge in [0.15, 0.2) is 0 Å². The zero-order chi connectivity index (χ0) is 14.2. The molecule has 3 rings (SSSR count). The Hall–Kier alpha value is -1.67. The van der Waals surface area contributed by atoms with E-state index in [1.807, 2.05) is 0 Å². The molecule has 2 N–H and O–H groups in total. The van der Waals surface area contributed by atoms with Gasteiger partial charge in [0.05, 0.1) is 0 Å². The molecule has 0 radical (unpaired) electrons. The van der Waals surface area contributed by atoms with E-state index < -0.39 is 4.92 Å². The summed E-state index contributed by atoms with van der Waals surface area (Å²) in [6, 6.07) is 0. The highest BCUT2D eigenvalue weighted by molar-refractivity contribution is 7.15. The number of nitrogens with one attached hydrogen (secondary N) is 1. The molecule has 0 atom stereocenters. The molecule has 0 bridgehead atoms. The topological polar surface area (TPSA) is 92.7 Å². The van der Waals surface area contributed by atoms with Gasteiger partial charge in [0.2, 0.25) is 5.82 Å². The molecule has 2 aromatic heterocycles. The number of aromatic nitrogens is 2. The van der Waals surface area contributed by atoms with Crippen LogP contribution in [0.25, 0.3) is 4.96 Å². The van der Waals surface area contributed by atoms with Crippen molar-refractivity contribution in [1.29, 1.82) is 0 Å². The normalized spacial score (nSPS) is 17.1. The molecule has 20 heavy (non-hydrogen) atoms. The second-order valence-corrected chi connectivity index (χ2v) is 6.15. The number of imidazole rings is 1. The van der Waals surface area contributed by atoms with Crippen LogP contribution in [0.5, 0.6) is 0 Å². The highest BCUT2D eigenvalue weighted by Crippen LogP contribution is 2.44. The Morgan fingerprint density at radius 2 is 2.40 bits per heavy atom. The van der Waals surface area contributed by atoms with Crippen LogP contribution in [0, 0.1) is 15.5 Å². The van der Waals surface area contributed by atoms with E-state index in [1.165, 1.54) is 15.7 Å². The summed E-state index contributed by atoms with van der Waals surface area (Å²) < 4.78 is 1.49. The number of rotatable bonds is 6. The summed E-state index contributed by atoms with van der Waals surface area (Å²) in [5.74, 6) is 0.311. The minimum Gasteiger partial charge on any atom is -0.396 e. The largest absolute Gasteiger partial charge is 0.396 e. The van der Waals surface area contributed by atoms with E-state index in [4.69, 9.17) is 5.11 Å². The maximum atomic E-state index is 11.2. The molecule has 1 fully saturated rings. The zero-order valence-electron chi connectivity index (χ0n) is 10.9. The van der Waals surface area contributed by atoms with E-state index in [1.54, 1.807) is 11.6 Å². The first kappa shape index (κ1) is 13.3. The second kappa shape index (κ2) is 5.02. The number of fused-ring (bicyclic) bond motifs is 1. The summed E-state index contributed by atoms with van der Waals surface area (Å²) in [5.41, 5.74) is 0.0691. The van der Waals surface area contributed by atoms with Gasteiger partial charge in [-0.25, -0.2) is 0 Å². The number of hydrogen-bond acceptors (Lipinski definition) is 6. The molecule has 0 spiro atoms.